The van der Waals surface area contributed by atoms with E-state index in [1.807, 2.05) is 0 Å². The fourth-order valence-corrected chi connectivity index (χ4v) is 1.30. The van der Waals surface area contributed by atoms with Crippen LogP contribution in [0, 0.1) is 0 Å². The number of halogens is 2. The summed E-state index contributed by atoms with van der Waals surface area (Å²) >= 11 is 8.68. The van der Waals surface area contributed by atoms with E-state index in [1.54, 1.807) is 18.5 Å². The lowest BCUT2D eigenvalue weighted by Crippen LogP contribution is -2.11. The molecule has 1 aromatic heterocycles. The minimum atomic E-state index is -0.0955. The first kappa shape index (κ1) is 10.5. The zero-order valence-corrected chi connectivity index (χ0v) is 9.10. The van der Waals surface area contributed by atoms with E-state index in [4.69, 9.17) is 11.6 Å². The van der Waals surface area contributed by atoms with Crippen molar-refractivity contribution in [3.63, 3.8) is 0 Å². The molecular weight excluding hydrogens is 255 g/mol. The second kappa shape index (κ2) is 5.19. The third-order valence-corrected chi connectivity index (χ3v) is 2.19. The number of amides is 1. The summed E-state index contributed by atoms with van der Waals surface area (Å²) in [5.74, 6) is 0.232. The highest BCUT2D eigenvalue weighted by Gasteiger charge is 2.03. The summed E-state index contributed by atoms with van der Waals surface area (Å²) < 4.78 is 0.762. The van der Waals surface area contributed by atoms with E-state index in [1.165, 1.54) is 0 Å². The molecule has 0 aromatic carbocycles. The van der Waals surface area contributed by atoms with Crippen LogP contribution in [0.1, 0.15) is 6.42 Å². The molecule has 1 rings (SSSR count). The molecule has 0 unspecified atom stereocenters. The summed E-state index contributed by atoms with van der Waals surface area (Å²) in [6.07, 6.45) is 3.55. The maximum absolute atomic E-state index is 11.1. The third-order valence-electron chi connectivity index (χ3n) is 1.37. The Hall–Kier alpha value is -0.610. The molecule has 1 aromatic rings. The van der Waals surface area contributed by atoms with Crippen LogP contribution in [0.2, 0.25) is 0 Å². The lowest BCUT2D eigenvalue weighted by molar-refractivity contribution is -0.115. The number of pyridine rings is 1. The van der Waals surface area contributed by atoms with E-state index < -0.39 is 0 Å². The Morgan fingerprint density at radius 1 is 1.69 bits per heavy atom. The van der Waals surface area contributed by atoms with E-state index in [-0.39, 0.29) is 5.91 Å². The van der Waals surface area contributed by atoms with E-state index in [9.17, 15) is 4.79 Å². The van der Waals surface area contributed by atoms with Gasteiger partial charge in [-0.2, -0.15) is 0 Å². The Morgan fingerprint density at radius 3 is 3.08 bits per heavy atom. The van der Waals surface area contributed by atoms with Crippen molar-refractivity contribution in [3.05, 3.63) is 22.9 Å². The first-order valence-corrected chi connectivity index (χ1v) is 5.02. The number of aromatic nitrogens is 1. The molecule has 1 heterocycles. The molecule has 0 radical (unpaired) electrons. The molecule has 0 spiro atoms. The van der Waals surface area contributed by atoms with Crippen molar-refractivity contribution in [2.75, 3.05) is 11.2 Å². The summed E-state index contributed by atoms with van der Waals surface area (Å²) in [5.41, 5.74) is 0.713. The summed E-state index contributed by atoms with van der Waals surface area (Å²) in [7, 11) is 0. The Morgan fingerprint density at radius 2 is 2.46 bits per heavy atom. The molecule has 0 atom stereocenters. The number of alkyl halides is 1. The molecule has 0 saturated heterocycles. The summed E-state index contributed by atoms with van der Waals surface area (Å²) in [6.45, 7) is 0. The molecule has 0 bridgehead atoms. The minimum Gasteiger partial charge on any atom is -0.325 e. The van der Waals surface area contributed by atoms with Crippen molar-refractivity contribution in [2.45, 2.75) is 6.42 Å². The molecular formula is C8H8BrClN2O. The first-order valence-electron chi connectivity index (χ1n) is 3.69. The van der Waals surface area contributed by atoms with Crippen molar-refractivity contribution in [2.24, 2.45) is 0 Å². The van der Waals surface area contributed by atoms with Crippen LogP contribution in [0.25, 0.3) is 0 Å². The monoisotopic (exact) mass is 262 g/mol. The number of hydrogen-bond donors (Lipinski definition) is 1. The van der Waals surface area contributed by atoms with Gasteiger partial charge in [0.2, 0.25) is 5.91 Å². The highest BCUT2D eigenvalue weighted by Crippen LogP contribution is 2.19. The topological polar surface area (TPSA) is 42.0 Å². The van der Waals surface area contributed by atoms with Crippen LogP contribution in [-0.2, 0) is 4.79 Å². The van der Waals surface area contributed by atoms with Crippen LogP contribution in [0.3, 0.4) is 0 Å². The van der Waals surface area contributed by atoms with Gasteiger partial charge in [0.1, 0.15) is 0 Å². The van der Waals surface area contributed by atoms with Crippen molar-refractivity contribution in [1.82, 2.24) is 4.98 Å². The fourth-order valence-electron chi connectivity index (χ4n) is 0.775. The first-order chi connectivity index (χ1) is 6.24. The Labute approximate surface area is 89.6 Å². The molecule has 0 fully saturated rings. The van der Waals surface area contributed by atoms with Crippen LogP contribution in [-0.4, -0.2) is 16.8 Å². The molecule has 3 nitrogen and oxygen atoms in total. The van der Waals surface area contributed by atoms with Gasteiger partial charge in [0.05, 0.1) is 10.2 Å². The van der Waals surface area contributed by atoms with Gasteiger partial charge in [0.25, 0.3) is 0 Å². The number of rotatable bonds is 3. The normalized spacial score (nSPS) is 9.69. The van der Waals surface area contributed by atoms with Gasteiger partial charge in [-0.05, 0) is 22.0 Å². The molecule has 5 heteroatoms. The second-order valence-electron chi connectivity index (χ2n) is 2.34. The molecule has 1 amide bonds. The van der Waals surface area contributed by atoms with Crippen molar-refractivity contribution < 1.29 is 4.79 Å². The SMILES string of the molecule is O=C(CCCl)Nc1ccncc1Br. The molecule has 0 aliphatic rings. The Kier molecular flexibility index (Phi) is 4.18. The highest BCUT2D eigenvalue weighted by atomic mass is 79.9. The predicted molar refractivity (Wildman–Crippen MR) is 55.9 cm³/mol. The van der Waals surface area contributed by atoms with E-state index in [2.05, 4.69) is 26.2 Å². The fraction of sp³-hybridized carbons (Fsp3) is 0.250. The molecule has 0 aliphatic heterocycles. The van der Waals surface area contributed by atoms with Gasteiger partial charge in [-0.15, -0.1) is 11.6 Å². The van der Waals surface area contributed by atoms with Crippen molar-refractivity contribution >= 4 is 39.1 Å². The van der Waals surface area contributed by atoms with Gasteiger partial charge in [-0.25, -0.2) is 0 Å². The number of hydrogen-bond acceptors (Lipinski definition) is 2. The summed E-state index contributed by atoms with van der Waals surface area (Å²) in [4.78, 5) is 15.0. The van der Waals surface area contributed by atoms with E-state index in [0.29, 0.717) is 18.0 Å². The standard InChI is InChI=1S/C8H8BrClN2O/c9-6-5-11-4-2-7(6)12-8(13)1-3-10/h2,4-5H,1,3H2,(H,11,12,13). The van der Waals surface area contributed by atoms with Crippen LogP contribution < -0.4 is 5.32 Å². The molecule has 0 aliphatic carbocycles. The van der Waals surface area contributed by atoms with Gasteiger partial charge >= 0.3 is 0 Å². The van der Waals surface area contributed by atoms with Crippen LogP contribution in [0.4, 0.5) is 5.69 Å². The summed E-state index contributed by atoms with van der Waals surface area (Å²) in [6, 6.07) is 1.72. The molecule has 70 valence electrons. The van der Waals surface area contributed by atoms with Crippen LogP contribution >= 0.6 is 27.5 Å². The molecule has 0 saturated carbocycles. The summed E-state index contributed by atoms with van der Waals surface area (Å²) in [5, 5.41) is 2.70. The number of carbonyl (C=O) groups excluding carboxylic acids is 1. The van der Waals surface area contributed by atoms with Crippen molar-refractivity contribution in [1.29, 1.82) is 0 Å². The van der Waals surface area contributed by atoms with Gasteiger partial charge in [-0.1, -0.05) is 0 Å². The Bertz CT molecular complexity index is 306. The quantitative estimate of drug-likeness (QED) is 0.851. The van der Waals surface area contributed by atoms with E-state index in [0.717, 1.165) is 4.47 Å². The zero-order chi connectivity index (χ0) is 9.68. The number of nitrogens with zero attached hydrogens (tertiary/aromatic N) is 1. The highest BCUT2D eigenvalue weighted by molar-refractivity contribution is 9.10. The van der Waals surface area contributed by atoms with Gasteiger partial charge in [0.15, 0.2) is 0 Å². The average molecular weight is 264 g/mol. The van der Waals surface area contributed by atoms with Gasteiger partial charge in [-0.3, -0.25) is 9.78 Å². The lowest BCUT2D eigenvalue weighted by atomic mass is 10.4. The largest absolute Gasteiger partial charge is 0.325 e. The Balaban J connectivity index is 2.63. The van der Waals surface area contributed by atoms with Crippen LogP contribution in [0.5, 0.6) is 0 Å². The maximum Gasteiger partial charge on any atom is 0.225 e. The maximum atomic E-state index is 11.1. The smallest absolute Gasteiger partial charge is 0.225 e. The van der Waals surface area contributed by atoms with Crippen molar-refractivity contribution in [3.8, 4) is 0 Å². The van der Waals surface area contributed by atoms with Gasteiger partial charge in [0, 0.05) is 24.7 Å². The molecule has 1 N–H and O–H groups in total. The van der Waals surface area contributed by atoms with Gasteiger partial charge < -0.3 is 5.32 Å². The average Bonchev–Trinajstić information content (AvgIpc) is 2.09. The molecule has 13 heavy (non-hydrogen) atoms. The zero-order valence-electron chi connectivity index (χ0n) is 6.76. The number of carbonyl (C=O) groups is 1. The van der Waals surface area contributed by atoms with Crippen LogP contribution in [0.15, 0.2) is 22.9 Å². The minimum absolute atomic E-state index is 0.0955. The number of nitrogens with one attached hydrogen (secondary N) is 1. The third kappa shape index (κ3) is 3.32. The number of anilines is 1. The lowest BCUT2D eigenvalue weighted by Gasteiger charge is -2.04. The van der Waals surface area contributed by atoms with E-state index >= 15 is 0 Å². The predicted octanol–water partition coefficient (Wildman–Crippen LogP) is 2.41. The second-order valence-corrected chi connectivity index (χ2v) is 3.57.